The van der Waals surface area contributed by atoms with E-state index in [0.717, 1.165) is 13.0 Å². The first-order valence-corrected chi connectivity index (χ1v) is 7.85. The molecule has 2 rings (SSSR count). The number of halogens is 4. The summed E-state index contributed by atoms with van der Waals surface area (Å²) in [5.41, 5.74) is 0.627. The van der Waals surface area contributed by atoms with E-state index in [0.29, 0.717) is 37.4 Å². The molecular formula is C14H13Cl4N3. The predicted octanol–water partition coefficient (Wildman–Crippen LogP) is 6.26. The summed E-state index contributed by atoms with van der Waals surface area (Å²) in [6.07, 6.45) is 0.962. The van der Waals surface area contributed by atoms with E-state index in [4.69, 9.17) is 46.4 Å². The Hall–Kier alpha value is -0.870. The number of rotatable bonds is 5. The van der Waals surface area contributed by atoms with Crippen LogP contribution in [-0.2, 0) is 0 Å². The van der Waals surface area contributed by atoms with Gasteiger partial charge in [-0.15, -0.1) is 0 Å². The van der Waals surface area contributed by atoms with Crippen LogP contribution >= 0.6 is 46.4 Å². The topological polar surface area (TPSA) is 37.0 Å². The summed E-state index contributed by atoms with van der Waals surface area (Å²) in [4.78, 5) is 4.39. The van der Waals surface area contributed by atoms with Crippen molar-refractivity contribution in [3.8, 4) is 0 Å². The first-order chi connectivity index (χ1) is 10.0. The van der Waals surface area contributed by atoms with Crippen molar-refractivity contribution < 1.29 is 0 Å². The molecule has 0 unspecified atom stereocenters. The van der Waals surface area contributed by atoms with Crippen molar-refractivity contribution in [3.63, 3.8) is 0 Å². The lowest BCUT2D eigenvalue weighted by atomic mass is 10.3. The number of nitrogens with one attached hydrogen (secondary N) is 2. The molecule has 1 heterocycles. The Bertz CT molecular complexity index is 646. The first-order valence-electron chi connectivity index (χ1n) is 6.34. The van der Waals surface area contributed by atoms with Gasteiger partial charge in [-0.3, -0.25) is 0 Å². The molecule has 0 aliphatic rings. The van der Waals surface area contributed by atoms with Crippen LogP contribution < -0.4 is 10.6 Å². The molecule has 1 aromatic carbocycles. The van der Waals surface area contributed by atoms with Gasteiger partial charge < -0.3 is 10.6 Å². The number of anilines is 3. The Morgan fingerprint density at radius 3 is 2.43 bits per heavy atom. The van der Waals surface area contributed by atoms with E-state index in [9.17, 15) is 0 Å². The molecule has 0 bridgehead atoms. The molecule has 0 saturated carbocycles. The highest BCUT2D eigenvalue weighted by molar-refractivity contribution is 6.44. The van der Waals surface area contributed by atoms with Gasteiger partial charge in [0, 0.05) is 6.54 Å². The lowest BCUT2D eigenvalue weighted by Crippen LogP contribution is -2.05. The standard InChI is InChI=1S/C14H13Cl4N3/c1-2-6-19-13-9(16)7-10(17)14(21-13)20-11-5-3-4-8(15)12(11)18/h3-5,7H,2,6H2,1H3,(H2,19,20,21). The molecule has 112 valence electrons. The summed E-state index contributed by atoms with van der Waals surface area (Å²) in [6, 6.07) is 6.92. The minimum Gasteiger partial charge on any atom is -0.369 e. The van der Waals surface area contributed by atoms with Gasteiger partial charge in [0.15, 0.2) is 5.82 Å². The summed E-state index contributed by atoms with van der Waals surface area (Å²) in [7, 11) is 0. The second-order valence-corrected chi connectivity index (χ2v) is 5.90. The fraction of sp³-hybridized carbons (Fsp3) is 0.214. The molecule has 1 aromatic heterocycles. The minimum absolute atomic E-state index is 0.401. The highest BCUT2D eigenvalue weighted by Gasteiger charge is 2.11. The van der Waals surface area contributed by atoms with Crippen LogP contribution in [0.2, 0.25) is 20.1 Å². The Morgan fingerprint density at radius 1 is 1.00 bits per heavy atom. The van der Waals surface area contributed by atoms with Crippen LogP contribution in [0.4, 0.5) is 17.3 Å². The molecule has 0 saturated heterocycles. The highest BCUT2D eigenvalue weighted by atomic mass is 35.5. The average Bonchev–Trinajstić information content (AvgIpc) is 2.45. The van der Waals surface area contributed by atoms with Crippen LogP contribution in [0.15, 0.2) is 24.3 Å². The summed E-state index contributed by atoms with van der Waals surface area (Å²) in [5, 5.41) is 7.95. The van der Waals surface area contributed by atoms with E-state index in [1.807, 2.05) is 0 Å². The Labute approximate surface area is 143 Å². The van der Waals surface area contributed by atoms with Gasteiger partial charge in [-0.1, -0.05) is 59.4 Å². The molecule has 3 nitrogen and oxygen atoms in total. The van der Waals surface area contributed by atoms with Crippen LogP contribution in [0.3, 0.4) is 0 Å². The van der Waals surface area contributed by atoms with Crippen LogP contribution in [0, 0.1) is 0 Å². The van der Waals surface area contributed by atoms with Gasteiger partial charge in [-0.25, -0.2) is 4.98 Å². The lowest BCUT2D eigenvalue weighted by molar-refractivity contribution is 0.970. The van der Waals surface area contributed by atoms with Gasteiger partial charge in [0.1, 0.15) is 5.82 Å². The van der Waals surface area contributed by atoms with Crippen molar-refractivity contribution in [3.05, 3.63) is 44.4 Å². The van der Waals surface area contributed by atoms with Gasteiger partial charge in [0.25, 0.3) is 0 Å². The normalized spacial score (nSPS) is 10.5. The number of pyridine rings is 1. The zero-order valence-corrected chi connectivity index (χ0v) is 14.2. The summed E-state index contributed by atoms with van der Waals surface area (Å²) in [5.74, 6) is 1.03. The van der Waals surface area contributed by atoms with Crippen molar-refractivity contribution in [2.45, 2.75) is 13.3 Å². The monoisotopic (exact) mass is 363 g/mol. The third-order valence-electron chi connectivity index (χ3n) is 2.68. The maximum atomic E-state index is 6.16. The first kappa shape index (κ1) is 16.5. The maximum Gasteiger partial charge on any atom is 0.151 e. The zero-order valence-electron chi connectivity index (χ0n) is 11.2. The van der Waals surface area contributed by atoms with Gasteiger partial charge in [-0.2, -0.15) is 0 Å². The van der Waals surface area contributed by atoms with Crippen LogP contribution in [-0.4, -0.2) is 11.5 Å². The predicted molar refractivity (Wildman–Crippen MR) is 92.8 cm³/mol. The Morgan fingerprint density at radius 2 is 1.71 bits per heavy atom. The van der Waals surface area contributed by atoms with Crippen LogP contribution in [0.25, 0.3) is 0 Å². The third-order valence-corrected chi connectivity index (χ3v) is 4.07. The number of benzene rings is 1. The van der Waals surface area contributed by atoms with E-state index in [2.05, 4.69) is 22.5 Å². The maximum absolute atomic E-state index is 6.16. The Kier molecular flexibility index (Phi) is 5.82. The molecule has 7 heteroatoms. The summed E-state index contributed by atoms with van der Waals surface area (Å²) in [6.45, 7) is 2.83. The molecule has 2 aromatic rings. The second kappa shape index (κ2) is 7.41. The SMILES string of the molecule is CCCNc1nc(Nc2cccc(Cl)c2Cl)c(Cl)cc1Cl. The molecule has 0 amide bonds. The number of hydrogen-bond donors (Lipinski definition) is 2. The van der Waals surface area contributed by atoms with E-state index in [-0.39, 0.29) is 0 Å². The van der Waals surface area contributed by atoms with Gasteiger partial charge >= 0.3 is 0 Å². The summed E-state index contributed by atoms with van der Waals surface area (Å²) < 4.78 is 0. The van der Waals surface area contributed by atoms with Gasteiger partial charge in [0.2, 0.25) is 0 Å². The van der Waals surface area contributed by atoms with E-state index >= 15 is 0 Å². The zero-order chi connectivity index (χ0) is 15.4. The molecular weight excluding hydrogens is 352 g/mol. The molecule has 21 heavy (non-hydrogen) atoms. The fourth-order valence-electron chi connectivity index (χ4n) is 1.65. The quantitative estimate of drug-likeness (QED) is 0.657. The molecule has 0 aliphatic heterocycles. The van der Waals surface area contributed by atoms with Gasteiger partial charge in [0.05, 0.1) is 25.8 Å². The molecule has 0 fully saturated rings. The van der Waals surface area contributed by atoms with Gasteiger partial charge in [-0.05, 0) is 24.6 Å². The number of hydrogen-bond acceptors (Lipinski definition) is 3. The molecule has 0 aliphatic carbocycles. The highest BCUT2D eigenvalue weighted by Crippen LogP contribution is 2.35. The van der Waals surface area contributed by atoms with Crippen LogP contribution in [0.1, 0.15) is 13.3 Å². The van der Waals surface area contributed by atoms with Crippen molar-refractivity contribution in [2.75, 3.05) is 17.2 Å². The van der Waals surface area contributed by atoms with E-state index in [1.165, 1.54) is 0 Å². The second-order valence-electron chi connectivity index (χ2n) is 4.30. The average molecular weight is 365 g/mol. The third kappa shape index (κ3) is 4.07. The Balaban J connectivity index is 2.33. The molecule has 0 spiro atoms. The van der Waals surface area contributed by atoms with Crippen LogP contribution in [0.5, 0.6) is 0 Å². The van der Waals surface area contributed by atoms with Crippen molar-refractivity contribution in [1.29, 1.82) is 0 Å². The minimum atomic E-state index is 0.401. The fourth-order valence-corrected chi connectivity index (χ4v) is 2.47. The molecule has 2 N–H and O–H groups in total. The van der Waals surface area contributed by atoms with E-state index < -0.39 is 0 Å². The van der Waals surface area contributed by atoms with E-state index in [1.54, 1.807) is 24.3 Å². The lowest BCUT2D eigenvalue weighted by Gasteiger charge is -2.13. The molecule has 0 atom stereocenters. The van der Waals surface area contributed by atoms with Crippen molar-refractivity contribution in [1.82, 2.24) is 4.98 Å². The number of aromatic nitrogens is 1. The molecule has 0 radical (unpaired) electrons. The van der Waals surface area contributed by atoms with Crippen molar-refractivity contribution in [2.24, 2.45) is 0 Å². The number of nitrogens with zero attached hydrogens (tertiary/aromatic N) is 1. The largest absolute Gasteiger partial charge is 0.369 e. The van der Waals surface area contributed by atoms with Crippen molar-refractivity contribution >= 4 is 63.7 Å². The summed E-state index contributed by atoms with van der Waals surface area (Å²) >= 11 is 24.4. The smallest absolute Gasteiger partial charge is 0.151 e.